The quantitative estimate of drug-likeness (QED) is 0.380. The molecule has 1 amide bonds. The molecule has 0 heterocycles. The molecular formula is C17H36N4O3. The zero-order valence-electron chi connectivity index (χ0n) is 16.4. The summed E-state index contributed by atoms with van der Waals surface area (Å²) < 4.78 is 10.8. The third kappa shape index (κ3) is 13.0. The Morgan fingerprint density at radius 2 is 1.83 bits per heavy atom. The molecule has 0 atom stereocenters. The van der Waals surface area contributed by atoms with Gasteiger partial charge in [-0.3, -0.25) is 4.99 Å². The van der Waals surface area contributed by atoms with Crippen LogP contribution in [0.4, 0.5) is 4.79 Å². The third-order valence-electron chi connectivity index (χ3n) is 2.88. The van der Waals surface area contributed by atoms with Gasteiger partial charge in [0.05, 0.1) is 0 Å². The minimum Gasteiger partial charge on any atom is -0.444 e. The molecule has 2 N–H and O–H groups in total. The van der Waals surface area contributed by atoms with Gasteiger partial charge in [-0.15, -0.1) is 0 Å². The number of aliphatic imine (C=N–C) groups is 1. The number of carbonyl (C=O) groups is 1. The largest absolute Gasteiger partial charge is 0.444 e. The number of hydrogen-bond donors (Lipinski definition) is 2. The smallest absolute Gasteiger partial charge is 0.410 e. The fourth-order valence-corrected chi connectivity index (χ4v) is 1.69. The summed E-state index contributed by atoms with van der Waals surface area (Å²) in [5.41, 5.74) is -0.478. The van der Waals surface area contributed by atoms with Crippen LogP contribution < -0.4 is 10.6 Å². The molecule has 0 saturated heterocycles. The molecule has 0 aromatic heterocycles. The van der Waals surface area contributed by atoms with Gasteiger partial charge in [0.1, 0.15) is 5.60 Å². The van der Waals surface area contributed by atoms with E-state index in [9.17, 15) is 4.79 Å². The molecule has 0 unspecified atom stereocenters. The number of nitrogens with zero attached hydrogens (tertiary/aromatic N) is 2. The number of hydrogen-bond acceptors (Lipinski definition) is 4. The van der Waals surface area contributed by atoms with Crippen LogP contribution in [0.2, 0.25) is 0 Å². The van der Waals surface area contributed by atoms with Crippen LogP contribution in [-0.2, 0) is 9.47 Å². The van der Waals surface area contributed by atoms with Gasteiger partial charge in [-0.1, -0.05) is 13.8 Å². The van der Waals surface area contributed by atoms with Gasteiger partial charge < -0.3 is 25.0 Å². The Hall–Kier alpha value is -1.50. The van der Waals surface area contributed by atoms with Crippen LogP contribution in [0.15, 0.2) is 4.99 Å². The average molecular weight is 345 g/mol. The van der Waals surface area contributed by atoms with Crippen molar-refractivity contribution in [2.24, 2.45) is 10.9 Å². The van der Waals surface area contributed by atoms with Gasteiger partial charge in [0, 0.05) is 46.9 Å². The number of amides is 1. The molecule has 0 spiro atoms. The molecule has 7 heteroatoms. The molecule has 142 valence electrons. The van der Waals surface area contributed by atoms with Crippen molar-refractivity contribution in [1.29, 1.82) is 0 Å². The van der Waals surface area contributed by atoms with Gasteiger partial charge in [0.25, 0.3) is 0 Å². The summed E-state index contributed by atoms with van der Waals surface area (Å²) >= 11 is 0. The molecule has 0 aliphatic heterocycles. The second kappa shape index (κ2) is 11.9. The molecule has 0 saturated carbocycles. The molecule has 0 aliphatic rings. The van der Waals surface area contributed by atoms with Crippen molar-refractivity contribution in [2.45, 2.75) is 46.6 Å². The predicted octanol–water partition coefficient (Wildman–Crippen LogP) is 2.08. The van der Waals surface area contributed by atoms with Crippen molar-refractivity contribution in [2.75, 3.05) is 46.9 Å². The van der Waals surface area contributed by atoms with Gasteiger partial charge in [-0.05, 0) is 33.1 Å². The van der Waals surface area contributed by atoms with E-state index in [0.29, 0.717) is 19.0 Å². The van der Waals surface area contributed by atoms with E-state index in [1.54, 1.807) is 19.0 Å². The minimum absolute atomic E-state index is 0.324. The first kappa shape index (κ1) is 22.5. The summed E-state index contributed by atoms with van der Waals surface area (Å²) in [6, 6.07) is 0. The number of rotatable bonds is 9. The Balaban J connectivity index is 3.84. The number of ether oxygens (including phenoxy) is 2. The number of carbonyl (C=O) groups excluding carboxylic acids is 1. The Morgan fingerprint density at radius 3 is 2.38 bits per heavy atom. The van der Waals surface area contributed by atoms with E-state index in [1.807, 2.05) is 20.8 Å². The SMILES string of the molecule is CN=C(NCCCOCC(C)C)NCCN(C)C(=O)OC(C)(C)C. The lowest BCUT2D eigenvalue weighted by atomic mass is 10.2. The second-order valence-electron chi connectivity index (χ2n) is 7.15. The first-order valence-electron chi connectivity index (χ1n) is 8.62. The number of likely N-dealkylation sites (N-methyl/N-ethyl adjacent to an activating group) is 1. The van der Waals surface area contributed by atoms with Crippen molar-refractivity contribution in [3.05, 3.63) is 0 Å². The summed E-state index contributed by atoms with van der Waals surface area (Å²) in [5.74, 6) is 1.28. The van der Waals surface area contributed by atoms with Crippen LogP contribution in [0.25, 0.3) is 0 Å². The van der Waals surface area contributed by atoms with Crippen LogP contribution >= 0.6 is 0 Å². The van der Waals surface area contributed by atoms with E-state index < -0.39 is 5.60 Å². The Morgan fingerprint density at radius 1 is 1.21 bits per heavy atom. The summed E-state index contributed by atoms with van der Waals surface area (Å²) in [7, 11) is 3.44. The predicted molar refractivity (Wildman–Crippen MR) is 98.5 cm³/mol. The summed E-state index contributed by atoms with van der Waals surface area (Å²) in [4.78, 5) is 17.5. The van der Waals surface area contributed by atoms with Crippen molar-refractivity contribution in [3.63, 3.8) is 0 Å². The normalized spacial score (nSPS) is 12.2. The van der Waals surface area contributed by atoms with E-state index in [0.717, 1.165) is 32.1 Å². The maximum absolute atomic E-state index is 11.8. The summed E-state index contributed by atoms with van der Waals surface area (Å²) in [6.45, 7) is 13.3. The zero-order valence-corrected chi connectivity index (χ0v) is 16.4. The highest BCUT2D eigenvalue weighted by Gasteiger charge is 2.19. The zero-order chi connectivity index (χ0) is 18.6. The van der Waals surface area contributed by atoms with E-state index in [2.05, 4.69) is 29.5 Å². The first-order chi connectivity index (χ1) is 11.2. The third-order valence-corrected chi connectivity index (χ3v) is 2.88. The average Bonchev–Trinajstić information content (AvgIpc) is 2.46. The lowest BCUT2D eigenvalue weighted by Gasteiger charge is -2.24. The highest BCUT2D eigenvalue weighted by atomic mass is 16.6. The molecule has 0 aliphatic carbocycles. The van der Waals surface area contributed by atoms with Gasteiger partial charge in [-0.2, -0.15) is 0 Å². The maximum Gasteiger partial charge on any atom is 0.410 e. The molecule has 0 aromatic carbocycles. The number of guanidine groups is 1. The van der Waals surface area contributed by atoms with Crippen molar-refractivity contribution in [3.8, 4) is 0 Å². The van der Waals surface area contributed by atoms with E-state index >= 15 is 0 Å². The highest BCUT2D eigenvalue weighted by Crippen LogP contribution is 2.08. The fraction of sp³-hybridized carbons (Fsp3) is 0.882. The van der Waals surface area contributed by atoms with Crippen LogP contribution in [0.3, 0.4) is 0 Å². The minimum atomic E-state index is -0.478. The molecule has 24 heavy (non-hydrogen) atoms. The van der Waals surface area contributed by atoms with Gasteiger partial charge in [0.15, 0.2) is 5.96 Å². The molecule has 7 nitrogen and oxygen atoms in total. The fourth-order valence-electron chi connectivity index (χ4n) is 1.69. The van der Waals surface area contributed by atoms with Gasteiger partial charge >= 0.3 is 6.09 Å². The van der Waals surface area contributed by atoms with Crippen LogP contribution in [0.1, 0.15) is 41.0 Å². The van der Waals surface area contributed by atoms with E-state index in [-0.39, 0.29) is 6.09 Å². The molecule has 0 radical (unpaired) electrons. The van der Waals surface area contributed by atoms with Crippen LogP contribution in [0, 0.1) is 5.92 Å². The van der Waals surface area contributed by atoms with E-state index in [1.165, 1.54) is 0 Å². The monoisotopic (exact) mass is 344 g/mol. The van der Waals surface area contributed by atoms with Crippen molar-refractivity contribution < 1.29 is 14.3 Å². The van der Waals surface area contributed by atoms with Crippen LogP contribution in [-0.4, -0.2) is 69.5 Å². The summed E-state index contributed by atoms with van der Waals surface area (Å²) in [5, 5.41) is 6.40. The molecule has 0 rings (SSSR count). The molecule has 0 aromatic rings. The van der Waals surface area contributed by atoms with Crippen molar-refractivity contribution in [1.82, 2.24) is 15.5 Å². The first-order valence-corrected chi connectivity index (χ1v) is 8.62. The van der Waals surface area contributed by atoms with E-state index in [4.69, 9.17) is 9.47 Å². The standard InChI is InChI=1S/C17H36N4O3/c1-14(2)13-23-12-8-9-19-15(18-6)20-10-11-21(7)16(22)24-17(3,4)5/h14H,8-13H2,1-7H3,(H2,18,19,20). The summed E-state index contributed by atoms with van der Waals surface area (Å²) in [6.07, 6.45) is 0.597. The lowest BCUT2D eigenvalue weighted by Crippen LogP contribution is -2.43. The Kier molecular flexibility index (Phi) is 11.2. The van der Waals surface area contributed by atoms with Crippen molar-refractivity contribution >= 4 is 12.1 Å². The molecule has 0 bridgehead atoms. The maximum atomic E-state index is 11.8. The Bertz CT molecular complexity index is 379. The number of nitrogens with one attached hydrogen (secondary N) is 2. The molecule has 0 fully saturated rings. The van der Waals surface area contributed by atoms with Gasteiger partial charge in [0.2, 0.25) is 0 Å². The highest BCUT2D eigenvalue weighted by molar-refractivity contribution is 5.79. The lowest BCUT2D eigenvalue weighted by molar-refractivity contribution is 0.0302. The molecular weight excluding hydrogens is 308 g/mol. The van der Waals surface area contributed by atoms with Gasteiger partial charge in [-0.25, -0.2) is 4.79 Å². The van der Waals surface area contributed by atoms with Crippen LogP contribution in [0.5, 0.6) is 0 Å². The topological polar surface area (TPSA) is 75.2 Å². The second-order valence-corrected chi connectivity index (χ2v) is 7.15. The Labute approximate surface area is 147 Å².